The number of furan rings is 1. The van der Waals surface area contributed by atoms with Crippen molar-refractivity contribution < 1.29 is 9.15 Å². The molecular weight excluding hydrogens is 372 g/mol. The molecule has 1 aromatic carbocycles. The Hall–Kier alpha value is -1.76. The molecule has 1 fully saturated rings. The standard InChI is InChI=1S/C19H19ClN2O3S/c20-13-6-7-16-17(10-13)21-19(26-12-15-4-1-2-8-25-15)22(18(16)23)11-14-5-3-9-24-14/h3,5-7,9-10,15H,1-2,4,8,11-12H2/t15-/m0/s1. The monoisotopic (exact) mass is 390 g/mol. The average molecular weight is 391 g/mol. The minimum atomic E-state index is -0.0878. The lowest BCUT2D eigenvalue weighted by Gasteiger charge is -2.22. The van der Waals surface area contributed by atoms with E-state index in [-0.39, 0.29) is 11.7 Å². The highest BCUT2D eigenvalue weighted by Crippen LogP contribution is 2.24. The molecule has 1 aliphatic rings. The second-order valence-electron chi connectivity index (χ2n) is 6.33. The molecule has 26 heavy (non-hydrogen) atoms. The first kappa shape index (κ1) is 17.6. The number of fused-ring (bicyclic) bond motifs is 1. The second kappa shape index (κ2) is 7.86. The van der Waals surface area contributed by atoms with Gasteiger partial charge in [0.2, 0.25) is 0 Å². The Bertz CT molecular complexity index is 949. The molecule has 0 radical (unpaired) electrons. The molecule has 1 aliphatic heterocycles. The van der Waals surface area contributed by atoms with Crippen molar-refractivity contribution in [2.75, 3.05) is 12.4 Å². The Morgan fingerprint density at radius 3 is 3.00 bits per heavy atom. The van der Waals surface area contributed by atoms with Crippen molar-refractivity contribution in [3.05, 3.63) is 57.7 Å². The van der Waals surface area contributed by atoms with E-state index in [0.29, 0.717) is 27.6 Å². The molecule has 2 aromatic heterocycles. The Balaban J connectivity index is 1.70. The summed E-state index contributed by atoms with van der Waals surface area (Å²) in [7, 11) is 0. The van der Waals surface area contributed by atoms with E-state index in [1.165, 1.54) is 6.42 Å². The zero-order valence-corrected chi connectivity index (χ0v) is 15.8. The Labute approximate surface area is 160 Å². The molecular formula is C19H19ClN2O3S. The van der Waals surface area contributed by atoms with Gasteiger partial charge in [-0.3, -0.25) is 9.36 Å². The van der Waals surface area contributed by atoms with Crippen molar-refractivity contribution in [2.24, 2.45) is 0 Å². The summed E-state index contributed by atoms with van der Waals surface area (Å²) in [5.74, 6) is 1.49. The van der Waals surface area contributed by atoms with Crippen LogP contribution in [0.1, 0.15) is 25.0 Å². The van der Waals surface area contributed by atoms with Crippen LogP contribution in [0.4, 0.5) is 0 Å². The highest BCUT2D eigenvalue weighted by molar-refractivity contribution is 7.99. The number of ether oxygens (including phenoxy) is 1. The topological polar surface area (TPSA) is 57.3 Å². The minimum Gasteiger partial charge on any atom is -0.467 e. The van der Waals surface area contributed by atoms with Gasteiger partial charge in [0, 0.05) is 17.4 Å². The van der Waals surface area contributed by atoms with Gasteiger partial charge in [0.15, 0.2) is 5.16 Å². The van der Waals surface area contributed by atoms with Crippen LogP contribution in [0.15, 0.2) is 51.0 Å². The largest absolute Gasteiger partial charge is 0.467 e. The van der Waals surface area contributed by atoms with Gasteiger partial charge in [-0.1, -0.05) is 23.4 Å². The van der Waals surface area contributed by atoms with E-state index in [1.54, 1.807) is 40.8 Å². The summed E-state index contributed by atoms with van der Waals surface area (Å²) in [5.41, 5.74) is 0.528. The van der Waals surface area contributed by atoms with Gasteiger partial charge in [0.05, 0.1) is 29.8 Å². The summed E-state index contributed by atoms with van der Waals surface area (Å²) in [6.07, 6.45) is 5.17. The smallest absolute Gasteiger partial charge is 0.262 e. The molecule has 7 heteroatoms. The number of rotatable bonds is 5. The first-order valence-electron chi connectivity index (χ1n) is 8.67. The van der Waals surface area contributed by atoms with Crippen LogP contribution in [0.5, 0.6) is 0 Å². The lowest BCUT2D eigenvalue weighted by Crippen LogP contribution is -2.25. The second-order valence-corrected chi connectivity index (χ2v) is 7.75. The fourth-order valence-electron chi connectivity index (χ4n) is 3.09. The lowest BCUT2D eigenvalue weighted by atomic mass is 10.1. The molecule has 0 N–H and O–H groups in total. The van der Waals surface area contributed by atoms with Crippen molar-refractivity contribution in [1.82, 2.24) is 9.55 Å². The summed E-state index contributed by atoms with van der Waals surface area (Å²) in [6, 6.07) is 8.85. The molecule has 1 atom stereocenters. The molecule has 0 spiro atoms. The zero-order chi connectivity index (χ0) is 17.9. The van der Waals surface area contributed by atoms with Gasteiger partial charge in [-0.25, -0.2) is 4.98 Å². The molecule has 0 amide bonds. The maximum atomic E-state index is 13.0. The first-order chi connectivity index (χ1) is 12.7. The van der Waals surface area contributed by atoms with Crippen molar-refractivity contribution in [1.29, 1.82) is 0 Å². The molecule has 0 aliphatic carbocycles. The summed E-state index contributed by atoms with van der Waals surface area (Å²) in [5, 5.41) is 1.79. The molecule has 0 saturated carbocycles. The molecule has 1 saturated heterocycles. The van der Waals surface area contributed by atoms with Gasteiger partial charge in [0.1, 0.15) is 5.76 Å². The van der Waals surface area contributed by atoms with Crippen LogP contribution in [0.25, 0.3) is 10.9 Å². The molecule has 3 aromatic rings. The summed E-state index contributed by atoms with van der Waals surface area (Å²) in [6.45, 7) is 1.16. The van der Waals surface area contributed by atoms with Crippen molar-refractivity contribution in [3.63, 3.8) is 0 Å². The highest BCUT2D eigenvalue weighted by Gasteiger charge is 2.18. The van der Waals surface area contributed by atoms with Gasteiger partial charge in [-0.05, 0) is 49.6 Å². The van der Waals surface area contributed by atoms with Crippen LogP contribution < -0.4 is 5.56 Å². The van der Waals surface area contributed by atoms with Crippen LogP contribution in [-0.2, 0) is 11.3 Å². The van der Waals surface area contributed by atoms with Gasteiger partial charge < -0.3 is 9.15 Å². The van der Waals surface area contributed by atoms with Crippen molar-refractivity contribution in [3.8, 4) is 0 Å². The predicted octanol–water partition coefficient (Wildman–Crippen LogP) is 4.35. The number of halogens is 1. The van der Waals surface area contributed by atoms with E-state index < -0.39 is 0 Å². The van der Waals surface area contributed by atoms with Gasteiger partial charge in [-0.15, -0.1) is 0 Å². The normalized spacial score (nSPS) is 17.7. The summed E-state index contributed by atoms with van der Waals surface area (Å²) >= 11 is 7.64. The van der Waals surface area contributed by atoms with E-state index in [2.05, 4.69) is 0 Å². The van der Waals surface area contributed by atoms with Gasteiger partial charge in [-0.2, -0.15) is 0 Å². The average Bonchev–Trinajstić information content (AvgIpc) is 3.16. The van der Waals surface area contributed by atoms with Gasteiger partial charge >= 0.3 is 0 Å². The molecule has 4 rings (SSSR count). The third-order valence-corrected chi connectivity index (χ3v) is 5.79. The first-order valence-corrected chi connectivity index (χ1v) is 10.0. The molecule has 136 valence electrons. The van der Waals surface area contributed by atoms with Crippen LogP contribution in [0.3, 0.4) is 0 Å². The molecule has 0 unspecified atom stereocenters. The summed E-state index contributed by atoms with van der Waals surface area (Å²) in [4.78, 5) is 17.7. The van der Waals surface area contributed by atoms with E-state index in [9.17, 15) is 4.79 Å². The SMILES string of the molecule is O=c1c2ccc(Cl)cc2nc(SC[C@@H]2CCCCO2)n1Cc1ccco1. The van der Waals surface area contributed by atoms with Crippen molar-refractivity contribution in [2.45, 2.75) is 37.1 Å². The molecule has 5 nitrogen and oxygen atoms in total. The predicted molar refractivity (Wildman–Crippen MR) is 103 cm³/mol. The highest BCUT2D eigenvalue weighted by atomic mass is 35.5. The van der Waals surface area contributed by atoms with Crippen LogP contribution in [0, 0.1) is 0 Å². The van der Waals surface area contributed by atoms with E-state index in [0.717, 1.165) is 31.0 Å². The fraction of sp³-hybridized carbons (Fsp3) is 0.368. The molecule has 3 heterocycles. The maximum absolute atomic E-state index is 13.0. The number of benzene rings is 1. The maximum Gasteiger partial charge on any atom is 0.262 e. The Morgan fingerprint density at radius 1 is 1.31 bits per heavy atom. The number of aromatic nitrogens is 2. The van der Waals surface area contributed by atoms with E-state index in [4.69, 9.17) is 25.7 Å². The number of hydrogen-bond donors (Lipinski definition) is 0. The number of hydrogen-bond acceptors (Lipinski definition) is 5. The Kier molecular flexibility index (Phi) is 5.33. The van der Waals surface area contributed by atoms with Crippen molar-refractivity contribution >= 4 is 34.3 Å². The number of thioether (sulfide) groups is 1. The lowest BCUT2D eigenvalue weighted by molar-refractivity contribution is 0.0315. The quantitative estimate of drug-likeness (QED) is 0.478. The van der Waals surface area contributed by atoms with Crippen LogP contribution >= 0.6 is 23.4 Å². The third-order valence-electron chi connectivity index (χ3n) is 4.45. The summed E-state index contributed by atoms with van der Waals surface area (Å²) < 4.78 is 12.9. The fourth-order valence-corrected chi connectivity index (χ4v) is 4.32. The van der Waals surface area contributed by atoms with E-state index >= 15 is 0 Å². The van der Waals surface area contributed by atoms with Crippen LogP contribution in [-0.4, -0.2) is 28.0 Å². The minimum absolute atomic E-state index is 0.0878. The molecule has 0 bridgehead atoms. The Morgan fingerprint density at radius 2 is 2.23 bits per heavy atom. The van der Waals surface area contributed by atoms with Crippen LogP contribution in [0.2, 0.25) is 5.02 Å². The van der Waals surface area contributed by atoms with E-state index in [1.807, 2.05) is 12.1 Å². The third kappa shape index (κ3) is 3.82. The van der Waals surface area contributed by atoms with Gasteiger partial charge in [0.25, 0.3) is 5.56 Å². The zero-order valence-electron chi connectivity index (χ0n) is 14.2. The number of nitrogens with zero attached hydrogens (tertiary/aromatic N) is 2.